The van der Waals surface area contributed by atoms with Crippen molar-refractivity contribution >= 4 is 84.3 Å². The average molecular weight is 1290 g/mol. The lowest BCUT2D eigenvalue weighted by molar-refractivity contribution is -0.121. The zero-order valence-corrected chi connectivity index (χ0v) is 55.8. The molecule has 0 bridgehead atoms. The van der Waals surface area contributed by atoms with Crippen LogP contribution >= 0.6 is 0 Å². The minimum absolute atomic E-state index is 0.0145. The maximum atomic E-state index is 17.8. The summed E-state index contributed by atoms with van der Waals surface area (Å²) in [7, 11) is 3.06. The number of hydrogen-bond donors (Lipinski definition) is 2. The number of nitrogens with one attached hydrogen (secondary N) is 2. The maximum Gasteiger partial charge on any atom is 0.410 e. The first-order valence-electron chi connectivity index (χ1n) is 32.1. The lowest BCUT2D eigenvalue weighted by Gasteiger charge is -2.50. The largest absolute Gasteiger partial charge is 0.444 e. The summed E-state index contributed by atoms with van der Waals surface area (Å²) in [4.78, 5) is 88.0. The van der Waals surface area contributed by atoms with Gasteiger partial charge in [-0.1, -0.05) is 46.8 Å². The Hall–Kier alpha value is -9.93. The van der Waals surface area contributed by atoms with E-state index in [9.17, 15) is 19.2 Å². The van der Waals surface area contributed by atoms with Gasteiger partial charge in [0.2, 0.25) is 5.91 Å². The van der Waals surface area contributed by atoms with Crippen molar-refractivity contribution in [3.63, 3.8) is 0 Å². The van der Waals surface area contributed by atoms with Gasteiger partial charge >= 0.3 is 6.09 Å². The van der Waals surface area contributed by atoms with Crippen molar-refractivity contribution < 1.29 is 36.7 Å². The van der Waals surface area contributed by atoms with Gasteiger partial charge in [0.15, 0.2) is 11.6 Å². The van der Waals surface area contributed by atoms with Crippen LogP contribution in [0.3, 0.4) is 0 Å². The number of nitrogens with zero attached hydrogens (tertiary/aromatic N) is 11. The normalized spacial score (nSPS) is 18.1. The van der Waals surface area contributed by atoms with E-state index in [1.165, 1.54) is 49.2 Å². The van der Waals surface area contributed by atoms with E-state index in [-0.39, 0.29) is 86.7 Å². The molecule has 0 aliphatic carbocycles. The Kier molecular flexibility index (Phi) is 15.6. The summed E-state index contributed by atoms with van der Waals surface area (Å²) >= 11 is 0. The van der Waals surface area contributed by atoms with Crippen molar-refractivity contribution in [3.05, 3.63) is 151 Å². The zero-order chi connectivity index (χ0) is 68.0. The molecule has 19 nitrogen and oxygen atoms in total. The smallest absolute Gasteiger partial charge is 0.410 e. The summed E-state index contributed by atoms with van der Waals surface area (Å²) in [6, 6.07) is 11.3. The Labute approximate surface area is 545 Å². The number of amides is 3. The molecule has 6 aromatic heterocycles. The summed E-state index contributed by atoms with van der Waals surface area (Å²) < 4.78 is 76.9. The Morgan fingerprint density at radius 1 is 0.558 bits per heavy atom. The molecular formula is C72H75F4N13O6. The van der Waals surface area contributed by atoms with Gasteiger partial charge in [0.25, 0.3) is 17.0 Å². The highest BCUT2D eigenvalue weighted by molar-refractivity contribution is 6.15. The molecular weight excluding hydrogens is 1220 g/mol. The van der Waals surface area contributed by atoms with Crippen LogP contribution in [-0.4, -0.2) is 120 Å². The molecule has 0 unspecified atom stereocenters. The average Bonchev–Trinajstić information content (AvgIpc) is 0.838. The number of fused-ring (bicyclic) bond motifs is 12. The number of aromatic nitrogens is 8. The van der Waals surface area contributed by atoms with Crippen LogP contribution in [0.4, 0.5) is 45.1 Å². The molecule has 3 amide bonds. The molecule has 4 aromatic carbocycles. The first kappa shape index (κ1) is 63.8. The number of anilines is 4. The van der Waals surface area contributed by atoms with Gasteiger partial charge in [-0.05, 0) is 145 Å². The number of carbonyl (C=O) groups excluding carboxylic acids is 3. The van der Waals surface area contributed by atoms with Crippen LogP contribution in [-0.2, 0) is 14.3 Å². The van der Waals surface area contributed by atoms with E-state index in [0.29, 0.717) is 96.6 Å². The van der Waals surface area contributed by atoms with Crippen LogP contribution in [0.5, 0.6) is 0 Å². The third-order valence-electron chi connectivity index (χ3n) is 19.3. The fraction of sp³-hybridized carbons (Fsp3) is 0.375. The predicted molar refractivity (Wildman–Crippen MR) is 362 cm³/mol. The third kappa shape index (κ3) is 9.99. The van der Waals surface area contributed by atoms with Gasteiger partial charge in [-0.2, -0.15) is 10.2 Å². The number of rotatable bonds is 6. The lowest BCUT2D eigenvalue weighted by atomic mass is 9.89. The highest BCUT2D eigenvalue weighted by Gasteiger charge is 2.48. The highest BCUT2D eigenvalue weighted by atomic mass is 19.1. The number of hydrogen-bond acceptors (Lipinski definition) is 12. The molecule has 4 atom stereocenters. The van der Waals surface area contributed by atoms with Crippen LogP contribution in [0.25, 0.3) is 77.2 Å². The van der Waals surface area contributed by atoms with Gasteiger partial charge in [0.1, 0.15) is 40.7 Å². The van der Waals surface area contributed by atoms with Crippen LogP contribution in [0.2, 0.25) is 0 Å². The standard InChI is InChI=1S/C38H41F2N7O4.C34H34F2N6O2/c1-18(2)30-31(20(4)12-13-41-30)47-32-22(14-24(39)28(29(32)40)27-19(3)10-11-25-23(27)15-42-43-25)33-34(36(47)49)44(9)35(48)26-17-45(21(5)16-46(26)33)37(50)51-38(6,7)8;1-16(2)28-29(19(5)11-12-37-28)42-30-20(31-32(34(42)44)40(6)33(43)24-10-7-17(3)15-41(24)31)13-22(35)26(27(30)36)25-18(4)8-9-23-21(25)14-38-39-23/h10-15,18,21,26H,16-17H2,1-9H3,(H,42,43);8-9,11-14,16-17,24H,7,10,15H2,1-6H3,(H,38,39)/t21-,26-;17-,24+/m10/s1. The van der Waals surface area contributed by atoms with Gasteiger partial charge in [0, 0.05) is 78.3 Å². The molecule has 2 N–H and O–H groups in total. The van der Waals surface area contributed by atoms with Gasteiger partial charge < -0.3 is 29.2 Å². The quantitative estimate of drug-likeness (QED) is 0.149. The third-order valence-corrected chi connectivity index (χ3v) is 19.3. The molecule has 2 saturated heterocycles. The number of aryl methyl sites for hydroxylation is 4. The van der Waals surface area contributed by atoms with Gasteiger partial charge in [-0.25, -0.2) is 22.4 Å². The number of benzene rings is 4. The monoisotopic (exact) mass is 1290 g/mol. The first-order valence-corrected chi connectivity index (χ1v) is 32.1. The summed E-state index contributed by atoms with van der Waals surface area (Å²) in [5.41, 5.74) is 4.56. The Morgan fingerprint density at radius 3 is 1.44 bits per heavy atom. The molecule has 0 saturated carbocycles. The van der Waals surface area contributed by atoms with Crippen molar-refractivity contribution in [2.24, 2.45) is 5.92 Å². The van der Waals surface area contributed by atoms with Crippen LogP contribution < -0.4 is 30.7 Å². The molecule has 4 aliphatic heterocycles. The fourth-order valence-corrected chi connectivity index (χ4v) is 14.8. The van der Waals surface area contributed by atoms with Crippen LogP contribution in [0.1, 0.15) is 121 Å². The topological polar surface area (TPSA) is 204 Å². The Morgan fingerprint density at radius 2 is 1.00 bits per heavy atom. The molecule has 2 fully saturated rings. The Bertz CT molecular complexity index is 5050. The number of halogens is 4. The Balaban J connectivity index is 0.000000174. The minimum atomic E-state index is -0.941. The second-order valence-corrected chi connectivity index (χ2v) is 27.6. The van der Waals surface area contributed by atoms with Crippen LogP contribution in [0.15, 0.2) is 82.9 Å². The number of ether oxygens (including phenoxy) is 1. The molecule has 0 spiro atoms. The number of pyridine rings is 4. The molecule has 4 aliphatic rings. The molecule has 0 radical (unpaired) electrons. The molecule has 14 rings (SSSR count). The van der Waals surface area contributed by atoms with Crippen molar-refractivity contribution in [3.8, 4) is 33.6 Å². The number of likely N-dealkylation sites (N-methyl/N-ethyl adjacent to an activating group) is 2. The SMILES string of the molecule is Cc1ccnc(C(C)C)c1-n1c(=O)c2c(c3cc(F)c(-c4c(C)ccc5[nH]ncc45)c(F)c31)N1C[C@@H](C)CC[C@@H]1C(=O)N2C.Cc1ccnc(C(C)C)c1-n1c(=O)c2c(c3cc(F)c(-c4c(C)ccc5[nH]ncc45)c(F)c31)N1C[C@@H](C)N(C(=O)OC(C)(C)C)C[C@@H]1C(=O)N2C. The number of piperazine rings is 1. The van der Waals surface area contributed by atoms with Gasteiger partial charge in [0.05, 0.1) is 86.3 Å². The second-order valence-electron chi connectivity index (χ2n) is 27.6. The first-order chi connectivity index (χ1) is 45.0. The minimum Gasteiger partial charge on any atom is -0.444 e. The summed E-state index contributed by atoms with van der Waals surface area (Å²) in [5, 5.41) is 15.5. The fourth-order valence-electron chi connectivity index (χ4n) is 14.8. The molecule has 492 valence electrons. The van der Waals surface area contributed by atoms with E-state index in [0.717, 1.165) is 6.42 Å². The van der Waals surface area contributed by atoms with Crippen molar-refractivity contribution in [2.45, 2.75) is 138 Å². The molecule has 95 heavy (non-hydrogen) atoms. The van der Waals surface area contributed by atoms with Gasteiger partial charge in [-0.3, -0.25) is 48.5 Å². The van der Waals surface area contributed by atoms with E-state index in [1.54, 1.807) is 95.5 Å². The van der Waals surface area contributed by atoms with Crippen molar-refractivity contribution in [1.29, 1.82) is 0 Å². The molecule has 10 heterocycles. The zero-order valence-electron chi connectivity index (χ0n) is 55.8. The number of carbonyl (C=O) groups is 3. The van der Waals surface area contributed by atoms with E-state index in [1.807, 2.05) is 59.4 Å². The number of H-pyrrole nitrogens is 2. The predicted octanol–water partition coefficient (Wildman–Crippen LogP) is 13.3. The van der Waals surface area contributed by atoms with E-state index in [2.05, 4.69) is 37.3 Å². The van der Waals surface area contributed by atoms with Crippen molar-refractivity contribution in [1.82, 2.24) is 44.4 Å². The second kappa shape index (κ2) is 23.2. The van der Waals surface area contributed by atoms with Crippen molar-refractivity contribution in [2.75, 3.05) is 53.3 Å². The maximum absolute atomic E-state index is 17.8. The molecule has 23 heteroatoms. The molecule has 10 aromatic rings. The van der Waals surface area contributed by atoms with E-state index in [4.69, 9.17) is 4.74 Å². The summed E-state index contributed by atoms with van der Waals surface area (Å²) in [5.74, 6) is -4.06. The summed E-state index contributed by atoms with van der Waals surface area (Å²) in [6.45, 7) is 24.7. The van der Waals surface area contributed by atoms with Crippen LogP contribution in [0, 0.1) is 56.9 Å². The summed E-state index contributed by atoms with van der Waals surface area (Å²) in [6.07, 6.45) is 7.25. The van der Waals surface area contributed by atoms with E-state index < -0.39 is 70.1 Å². The number of piperidine rings is 1. The number of aromatic amines is 2. The van der Waals surface area contributed by atoms with E-state index >= 15 is 22.4 Å². The highest BCUT2D eigenvalue weighted by Crippen LogP contribution is 2.49. The van der Waals surface area contributed by atoms with Gasteiger partial charge in [-0.15, -0.1) is 0 Å². The lowest BCUT2D eigenvalue weighted by Crippen LogP contribution is -2.66.